The zero-order valence-electron chi connectivity index (χ0n) is 13.2. The molecule has 22 heavy (non-hydrogen) atoms. The number of rotatable bonds is 5. The molecule has 1 aliphatic rings. The summed E-state index contributed by atoms with van der Waals surface area (Å²) in [5, 5.41) is 9.97. The fourth-order valence-electron chi connectivity index (χ4n) is 2.99. The number of likely N-dealkylation sites (N-methyl/N-ethyl adjacent to an activating group) is 1. The van der Waals surface area contributed by atoms with Crippen LogP contribution < -0.4 is 0 Å². The van der Waals surface area contributed by atoms with E-state index in [0.29, 0.717) is 18.1 Å². The Labute approximate surface area is 137 Å². The first-order valence-corrected chi connectivity index (χ1v) is 8.34. The van der Waals surface area contributed by atoms with Crippen LogP contribution in [0.2, 0.25) is 5.02 Å². The maximum atomic E-state index is 12.9. The first-order valence-electron chi connectivity index (χ1n) is 7.96. The molecule has 1 amide bonds. The fraction of sp³-hybridized carbons (Fsp3) is 0.588. The molecule has 0 aromatic heterocycles. The molecule has 1 fully saturated rings. The van der Waals surface area contributed by atoms with Crippen LogP contribution in [0.3, 0.4) is 0 Å². The van der Waals surface area contributed by atoms with Crippen molar-refractivity contribution in [3.05, 3.63) is 34.9 Å². The lowest BCUT2D eigenvalue weighted by Crippen LogP contribution is -2.47. The lowest BCUT2D eigenvalue weighted by Gasteiger charge is -2.31. The van der Waals surface area contributed by atoms with Crippen LogP contribution in [0.25, 0.3) is 0 Å². The fourth-order valence-corrected chi connectivity index (χ4v) is 3.19. The quantitative estimate of drug-likeness (QED) is 0.905. The molecule has 4 nitrogen and oxygen atoms in total. The third-order valence-electron chi connectivity index (χ3n) is 4.31. The van der Waals surface area contributed by atoms with Crippen LogP contribution in [0.5, 0.6) is 0 Å². The van der Waals surface area contributed by atoms with Gasteiger partial charge in [0.25, 0.3) is 0 Å². The summed E-state index contributed by atoms with van der Waals surface area (Å²) in [5.41, 5.74) is 0.919. The molecule has 1 aromatic rings. The van der Waals surface area contributed by atoms with Gasteiger partial charge in [0, 0.05) is 18.1 Å². The predicted molar refractivity (Wildman–Crippen MR) is 88.8 cm³/mol. The Morgan fingerprint density at radius 2 is 2.14 bits per heavy atom. The molecule has 1 heterocycles. The minimum absolute atomic E-state index is 0.0351. The SMILES string of the molecule is CN1CCCCC[C@H]1C(=O)N(CCO)Cc1ccccc1Cl. The summed E-state index contributed by atoms with van der Waals surface area (Å²) in [6, 6.07) is 7.47. The van der Waals surface area contributed by atoms with Gasteiger partial charge in [-0.2, -0.15) is 0 Å². The van der Waals surface area contributed by atoms with E-state index in [9.17, 15) is 9.90 Å². The van der Waals surface area contributed by atoms with E-state index in [0.717, 1.165) is 31.4 Å². The summed E-state index contributed by atoms with van der Waals surface area (Å²) in [5.74, 6) is 0.0957. The Balaban J connectivity index is 2.12. The Bertz CT molecular complexity index is 495. The van der Waals surface area contributed by atoms with Crippen molar-refractivity contribution in [1.82, 2.24) is 9.80 Å². The molecule has 0 spiro atoms. The van der Waals surface area contributed by atoms with E-state index >= 15 is 0 Å². The number of hydrogen-bond donors (Lipinski definition) is 1. The van der Waals surface area contributed by atoms with Gasteiger partial charge in [-0.15, -0.1) is 0 Å². The van der Waals surface area contributed by atoms with Gasteiger partial charge in [-0.3, -0.25) is 9.69 Å². The Morgan fingerprint density at radius 3 is 2.86 bits per heavy atom. The zero-order chi connectivity index (χ0) is 15.9. The molecule has 0 radical (unpaired) electrons. The second-order valence-corrected chi connectivity index (χ2v) is 6.33. The highest BCUT2D eigenvalue weighted by atomic mass is 35.5. The number of carbonyl (C=O) groups excluding carboxylic acids is 1. The van der Waals surface area contributed by atoms with Crippen molar-refractivity contribution in [2.45, 2.75) is 38.3 Å². The lowest BCUT2D eigenvalue weighted by atomic mass is 10.1. The number of hydrogen-bond acceptors (Lipinski definition) is 3. The monoisotopic (exact) mass is 324 g/mol. The molecule has 5 heteroatoms. The van der Waals surface area contributed by atoms with Gasteiger partial charge in [0.15, 0.2) is 0 Å². The largest absolute Gasteiger partial charge is 0.395 e. The molecular weight excluding hydrogens is 300 g/mol. The number of aliphatic hydroxyl groups is 1. The van der Waals surface area contributed by atoms with Gasteiger partial charge >= 0.3 is 0 Å². The van der Waals surface area contributed by atoms with Gasteiger partial charge in [0.05, 0.1) is 12.6 Å². The van der Waals surface area contributed by atoms with Gasteiger partial charge in [-0.25, -0.2) is 0 Å². The number of aliphatic hydroxyl groups excluding tert-OH is 1. The van der Waals surface area contributed by atoms with E-state index in [2.05, 4.69) is 4.90 Å². The molecule has 0 bridgehead atoms. The standard InChI is InChI=1S/C17H25ClN2O2/c1-19-10-6-2-3-9-16(19)17(22)20(11-12-21)13-14-7-4-5-8-15(14)18/h4-5,7-8,16,21H,2-3,6,9-13H2,1H3/t16-/m0/s1. The summed E-state index contributed by atoms with van der Waals surface area (Å²) in [6.45, 7) is 1.71. The van der Waals surface area contributed by atoms with Crippen molar-refractivity contribution in [1.29, 1.82) is 0 Å². The molecular formula is C17H25ClN2O2. The van der Waals surface area contributed by atoms with Crippen molar-refractivity contribution in [2.75, 3.05) is 26.7 Å². The van der Waals surface area contributed by atoms with E-state index in [1.165, 1.54) is 6.42 Å². The molecule has 1 atom stereocenters. The number of carbonyl (C=O) groups is 1. The van der Waals surface area contributed by atoms with Crippen LogP contribution in [-0.4, -0.2) is 53.6 Å². The summed E-state index contributed by atoms with van der Waals surface area (Å²) in [4.78, 5) is 16.8. The van der Waals surface area contributed by atoms with Gasteiger partial charge in [0.2, 0.25) is 5.91 Å². The first kappa shape index (κ1) is 17.3. The summed E-state index contributed by atoms with van der Waals surface area (Å²) in [7, 11) is 2.01. The number of amides is 1. The number of nitrogens with zero attached hydrogens (tertiary/aromatic N) is 2. The van der Waals surface area contributed by atoms with E-state index in [4.69, 9.17) is 11.6 Å². The molecule has 2 rings (SSSR count). The second-order valence-electron chi connectivity index (χ2n) is 5.92. The molecule has 122 valence electrons. The van der Waals surface area contributed by atoms with Crippen molar-refractivity contribution >= 4 is 17.5 Å². The van der Waals surface area contributed by atoms with Crippen LogP contribution in [0.15, 0.2) is 24.3 Å². The maximum absolute atomic E-state index is 12.9. The van der Waals surface area contributed by atoms with Crippen molar-refractivity contribution in [3.63, 3.8) is 0 Å². The third-order valence-corrected chi connectivity index (χ3v) is 4.67. The minimum Gasteiger partial charge on any atom is -0.395 e. The van der Waals surface area contributed by atoms with Crippen molar-refractivity contribution < 1.29 is 9.90 Å². The third kappa shape index (κ3) is 4.45. The lowest BCUT2D eigenvalue weighted by molar-refractivity contribution is -0.137. The van der Waals surface area contributed by atoms with Gasteiger partial charge < -0.3 is 10.0 Å². The average molecular weight is 325 g/mol. The van der Waals surface area contributed by atoms with Crippen LogP contribution in [0.1, 0.15) is 31.2 Å². The van der Waals surface area contributed by atoms with Crippen LogP contribution in [0.4, 0.5) is 0 Å². The average Bonchev–Trinajstić information content (AvgIpc) is 2.73. The summed E-state index contributed by atoms with van der Waals surface area (Å²) >= 11 is 6.20. The van der Waals surface area contributed by atoms with Crippen molar-refractivity contribution in [2.24, 2.45) is 0 Å². The Kier molecular flexibility index (Phi) is 6.68. The van der Waals surface area contributed by atoms with E-state index in [1.807, 2.05) is 31.3 Å². The zero-order valence-corrected chi connectivity index (χ0v) is 13.9. The van der Waals surface area contributed by atoms with E-state index < -0.39 is 0 Å². The molecule has 1 aliphatic heterocycles. The molecule has 1 aromatic carbocycles. The maximum Gasteiger partial charge on any atom is 0.240 e. The molecule has 0 saturated carbocycles. The topological polar surface area (TPSA) is 43.8 Å². The minimum atomic E-state index is -0.0865. The van der Waals surface area contributed by atoms with Crippen LogP contribution in [0, 0.1) is 0 Å². The second kappa shape index (κ2) is 8.51. The normalized spacial score (nSPS) is 19.7. The van der Waals surface area contributed by atoms with Crippen molar-refractivity contribution in [3.8, 4) is 0 Å². The molecule has 1 N–H and O–H groups in total. The van der Waals surface area contributed by atoms with Crippen LogP contribution in [-0.2, 0) is 11.3 Å². The highest BCUT2D eigenvalue weighted by Gasteiger charge is 2.28. The van der Waals surface area contributed by atoms with E-state index in [-0.39, 0.29) is 18.6 Å². The highest BCUT2D eigenvalue weighted by molar-refractivity contribution is 6.31. The molecule has 0 unspecified atom stereocenters. The molecule has 0 aliphatic carbocycles. The number of likely N-dealkylation sites (tertiary alicyclic amines) is 1. The predicted octanol–water partition coefficient (Wildman–Crippen LogP) is 2.54. The van der Waals surface area contributed by atoms with Crippen LogP contribution >= 0.6 is 11.6 Å². The van der Waals surface area contributed by atoms with Gasteiger partial charge in [-0.05, 0) is 38.1 Å². The Hall–Kier alpha value is -1.10. The van der Waals surface area contributed by atoms with Gasteiger partial charge in [0.1, 0.15) is 0 Å². The summed E-state index contributed by atoms with van der Waals surface area (Å²) in [6.07, 6.45) is 4.29. The number of halogens is 1. The van der Waals surface area contributed by atoms with Gasteiger partial charge in [-0.1, -0.05) is 42.6 Å². The summed E-state index contributed by atoms with van der Waals surface area (Å²) < 4.78 is 0. The first-order chi connectivity index (χ1) is 10.6. The molecule has 1 saturated heterocycles. The smallest absolute Gasteiger partial charge is 0.240 e. The number of benzene rings is 1. The Morgan fingerprint density at radius 1 is 1.36 bits per heavy atom. The highest BCUT2D eigenvalue weighted by Crippen LogP contribution is 2.21. The van der Waals surface area contributed by atoms with E-state index in [1.54, 1.807) is 4.90 Å².